The van der Waals surface area contributed by atoms with Gasteiger partial charge in [-0.05, 0) is 165 Å². The first-order valence-electron chi connectivity index (χ1n) is 19.2. The molecule has 6 aromatic rings. The van der Waals surface area contributed by atoms with Gasteiger partial charge >= 0.3 is 0 Å². The van der Waals surface area contributed by atoms with Crippen molar-refractivity contribution >= 4 is 6.08 Å². The minimum absolute atomic E-state index is 0.273. The topological polar surface area (TPSA) is 0 Å². The summed E-state index contributed by atoms with van der Waals surface area (Å²) >= 11 is 0. The molecule has 1 spiro atoms. The first-order valence-corrected chi connectivity index (χ1v) is 19.2. The van der Waals surface area contributed by atoms with Crippen LogP contribution < -0.4 is 0 Å². The molecule has 4 bridgehead atoms. The number of hydrogen-bond donors (Lipinski definition) is 0. The highest BCUT2D eigenvalue weighted by Crippen LogP contribution is 2.67. The maximum atomic E-state index is 4.01. The summed E-state index contributed by atoms with van der Waals surface area (Å²) in [5.74, 6) is 1.66. The number of fused-ring (bicyclic) bond motifs is 10. The molecule has 6 aliphatic rings. The molecular weight excluding hydrogens is 613 g/mol. The third kappa shape index (κ3) is 3.86. The van der Waals surface area contributed by atoms with E-state index in [1.54, 1.807) is 11.1 Å². The second-order valence-corrected chi connectivity index (χ2v) is 17.0. The van der Waals surface area contributed by atoms with Crippen molar-refractivity contribution < 1.29 is 0 Å². The molecule has 0 nitrogen and oxygen atoms in total. The van der Waals surface area contributed by atoms with E-state index in [1.165, 1.54) is 111 Å². The number of aryl methyl sites for hydroxylation is 2. The van der Waals surface area contributed by atoms with Crippen LogP contribution in [0.3, 0.4) is 0 Å². The normalized spacial score (nSPS) is 25.4. The summed E-state index contributed by atoms with van der Waals surface area (Å²) in [7, 11) is 0. The Balaban J connectivity index is 1.05. The Labute approximate surface area is 302 Å². The summed E-state index contributed by atoms with van der Waals surface area (Å²) in [6, 6.07) is 49.4. The molecule has 2 atom stereocenters. The van der Waals surface area contributed by atoms with Crippen molar-refractivity contribution in [3.05, 3.63) is 184 Å². The van der Waals surface area contributed by atoms with Crippen molar-refractivity contribution in [1.29, 1.82) is 0 Å². The van der Waals surface area contributed by atoms with Gasteiger partial charge in [-0.15, -0.1) is 0 Å². The van der Waals surface area contributed by atoms with Gasteiger partial charge in [0.15, 0.2) is 0 Å². The lowest BCUT2D eigenvalue weighted by Gasteiger charge is -2.63. The van der Waals surface area contributed by atoms with Crippen molar-refractivity contribution in [2.75, 3.05) is 0 Å². The summed E-state index contributed by atoms with van der Waals surface area (Å²) in [6.45, 7) is 8.80. The van der Waals surface area contributed by atoms with Gasteiger partial charge in [0.2, 0.25) is 0 Å². The minimum atomic E-state index is -0.310. The molecule has 12 rings (SSSR count). The van der Waals surface area contributed by atoms with Crippen LogP contribution in [0.15, 0.2) is 134 Å². The van der Waals surface area contributed by atoms with Crippen LogP contribution in [0.5, 0.6) is 0 Å². The van der Waals surface area contributed by atoms with Gasteiger partial charge in [0, 0.05) is 0 Å². The zero-order chi connectivity index (χ0) is 34.1. The average Bonchev–Trinajstić information content (AvgIpc) is 3.62. The molecule has 0 amide bonds. The fraction of sp³-hybridized carbons (Fsp3) is 0.255. The highest BCUT2D eigenvalue weighted by molar-refractivity contribution is 5.96. The quantitative estimate of drug-likeness (QED) is 0.177. The average molecular weight is 657 g/mol. The van der Waals surface area contributed by atoms with Gasteiger partial charge in [0.25, 0.3) is 0 Å². The lowest BCUT2D eigenvalue weighted by molar-refractivity contribution is -0.0284. The first-order chi connectivity index (χ1) is 24.9. The van der Waals surface area contributed by atoms with Crippen LogP contribution in [0, 0.1) is 25.7 Å². The Hall–Kier alpha value is -4.94. The van der Waals surface area contributed by atoms with Gasteiger partial charge in [0.1, 0.15) is 0 Å². The molecule has 0 N–H and O–H groups in total. The smallest absolute Gasteiger partial charge is 0.0725 e. The Bertz CT molecular complexity index is 2360. The standard InChI is InChI=1S/C51H44/c1-4-34-17-20-38(21-18-34)49-27-35-25-36(28-49)30-50(29-35,31-49)47-24-32(2)43(23-33(47)3)37-19-22-42-41-13-7-10-16-46(41)51(48(42)26-37)44-14-8-5-11-39(44)40-12-6-9-15-45(40)51/h4-24,26,35-36H,1,25,27-31H2,2-3H3. The van der Waals surface area contributed by atoms with E-state index in [0.717, 1.165) is 11.8 Å². The number of benzene rings is 6. The second kappa shape index (κ2) is 10.3. The summed E-state index contributed by atoms with van der Waals surface area (Å²) in [4.78, 5) is 0. The summed E-state index contributed by atoms with van der Waals surface area (Å²) in [5.41, 5.74) is 21.4. The van der Waals surface area contributed by atoms with E-state index in [1.807, 2.05) is 6.08 Å². The molecule has 0 aromatic heterocycles. The molecular formula is C51H44. The molecule has 0 saturated heterocycles. The summed E-state index contributed by atoms with van der Waals surface area (Å²) in [5, 5.41) is 0. The lowest BCUT2D eigenvalue weighted by atomic mass is 9.41. The van der Waals surface area contributed by atoms with Gasteiger partial charge in [-0.1, -0.05) is 134 Å². The molecule has 0 aliphatic heterocycles. The number of hydrogen-bond acceptors (Lipinski definition) is 0. The molecule has 6 aliphatic carbocycles. The maximum absolute atomic E-state index is 4.01. The van der Waals surface area contributed by atoms with Crippen LogP contribution in [0.1, 0.15) is 88.6 Å². The Morgan fingerprint density at radius 3 is 1.65 bits per heavy atom. The van der Waals surface area contributed by atoms with Gasteiger partial charge in [-0.2, -0.15) is 0 Å². The maximum Gasteiger partial charge on any atom is 0.0725 e. The predicted molar refractivity (Wildman–Crippen MR) is 212 cm³/mol. The van der Waals surface area contributed by atoms with Gasteiger partial charge < -0.3 is 0 Å². The largest absolute Gasteiger partial charge is 0.0985 e. The van der Waals surface area contributed by atoms with Gasteiger partial charge in [0.05, 0.1) is 5.41 Å². The SMILES string of the molecule is C=Cc1ccc(C23CC4CC(C2)CC(c2cc(C)c(-c5ccc6c(c5)C5(c7ccccc7-c7ccccc75)c5ccccc5-6)cc2C)(C4)C3)cc1. The van der Waals surface area contributed by atoms with Crippen molar-refractivity contribution in [2.24, 2.45) is 11.8 Å². The molecule has 51 heavy (non-hydrogen) atoms. The van der Waals surface area contributed by atoms with E-state index >= 15 is 0 Å². The molecule has 4 saturated carbocycles. The number of rotatable bonds is 4. The van der Waals surface area contributed by atoms with Crippen LogP contribution in [-0.4, -0.2) is 0 Å². The van der Waals surface area contributed by atoms with Crippen molar-refractivity contribution in [1.82, 2.24) is 0 Å². The predicted octanol–water partition coefficient (Wildman–Crippen LogP) is 12.7. The fourth-order valence-corrected chi connectivity index (χ4v) is 12.8. The minimum Gasteiger partial charge on any atom is -0.0985 e. The zero-order valence-corrected chi connectivity index (χ0v) is 29.8. The Kier molecular flexibility index (Phi) is 6.02. The monoisotopic (exact) mass is 656 g/mol. The van der Waals surface area contributed by atoms with E-state index < -0.39 is 0 Å². The van der Waals surface area contributed by atoms with Crippen LogP contribution >= 0.6 is 0 Å². The molecule has 6 aromatic carbocycles. The van der Waals surface area contributed by atoms with Crippen LogP contribution in [-0.2, 0) is 16.2 Å². The summed E-state index contributed by atoms with van der Waals surface area (Å²) < 4.78 is 0. The van der Waals surface area contributed by atoms with E-state index in [0.29, 0.717) is 5.41 Å². The molecule has 248 valence electrons. The van der Waals surface area contributed by atoms with Crippen molar-refractivity contribution in [3.63, 3.8) is 0 Å². The van der Waals surface area contributed by atoms with E-state index in [9.17, 15) is 0 Å². The third-order valence-electron chi connectivity index (χ3n) is 14.3. The van der Waals surface area contributed by atoms with E-state index in [-0.39, 0.29) is 10.8 Å². The molecule has 0 heteroatoms. The third-order valence-corrected chi connectivity index (χ3v) is 14.3. The first kappa shape index (κ1) is 29.8. The second-order valence-electron chi connectivity index (χ2n) is 17.0. The molecule has 0 radical (unpaired) electrons. The van der Waals surface area contributed by atoms with Crippen LogP contribution in [0.25, 0.3) is 39.5 Å². The van der Waals surface area contributed by atoms with Gasteiger partial charge in [-0.3, -0.25) is 0 Å². The van der Waals surface area contributed by atoms with Gasteiger partial charge in [-0.25, -0.2) is 0 Å². The Morgan fingerprint density at radius 2 is 1.06 bits per heavy atom. The molecule has 2 unspecified atom stereocenters. The van der Waals surface area contributed by atoms with Crippen molar-refractivity contribution in [3.8, 4) is 33.4 Å². The van der Waals surface area contributed by atoms with Crippen molar-refractivity contribution in [2.45, 2.75) is 68.6 Å². The highest BCUT2D eigenvalue weighted by Gasteiger charge is 2.59. The highest BCUT2D eigenvalue weighted by atomic mass is 14.6. The van der Waals surface area contributed by atoms with Crippen LogP contribution in [0.2, 0.25) is 0 Å². The zero-order valence-electron chi connectivity index (χ0n) is 29.8. The summed E-state index contributed by atoms with van der Waals surface area (Å²) in [6.07, 6.45) is 10.1. The van der Waals surface area contributed by atoms with E-state index in [2.05, 4.69) is 148 Å². The fourth-order valence-electron chi connectivity index (χ4n) is 12.8. The lowest BCUT2D eigenvalue weighted by Crippen LogP contribution is -2.56. The molecule has 0 heterocycles. The molecule has 4 fully saturated rings. The Morgan fingerprint density at radius 1 is 0.510 bits per heavy atom. The van der Waals surface area contributed by atoms with E-state index in [4.69, 9.17) is 0 Å². The van der Waals surface area contributed by atoms with Crippen LogP contribution in [0.4, 0.5) is 0 Å².